The highest BCUT2D eigenvalue weighted by Gasteiger charge is 2.20. The first kappa shape index (κ1) is 22.8. The van der Waals surface area contributed by atoms with Crippen LogP contribution in [0.5, 0.6) is 0 Å². The smallest absolute Gasteiger partial charge is 0.344 e. The number of benzene rings is 2. The Balaban J connectivity index is 1.20. The van der Waals surface area contributed by atoms with Crippen molar-refractivity contribution in [3.63, 3.8) is 0 Å². The van der Waals surface area contributed by atoms with E-state index in [1.807, 2.05) is 0 Å². The highest BCUT2D eigenvalue weighted by Crippen LogP contribution is 2.20. The Bertz CT molecular complexity index is 1150. The lowest BCUT2D eigenvalue weighted by molar-refractivity contribution is 0.0992. The molecule has 0 spiro atoms. The minimum atomic E-state index is -0.622. The Kier molecular flexibility index (Phi) is 7.56. The number of nitrogens with zero attached hydrogens (tertiary/aromatic N) is 7. The zero-order valence-corrected chi connectivity index (χ0v) is 18.6. The van der Waals surface area contributed by atoms with Gasteiger partial charge in [0.05, 0.1) is 5.56 Å². The van der Waals surface area contributed by atoms with Gasteiger partial charge >= 0.3 is 5.91 Å². The van der Waals surface area contributed by atoms with Gasteiger partial charge in [-0.05, 0) is 35.9 Å². The van der Waals surface area contributed by atoms with Crippen molar-refractivity contribution in [2.45, 2.75) is 6.42 Å². The Morgan fingerprint density at radius 1 is 1.06 bits per heavy atom. The number of carbonyl (C=O) groups excluding carboxylic acids is 1. The maximum absolute atomic E-state index is 13.1. The van der Waals surface area contributed by atoms with Crippen molar-refractivity contribution in [3.8, 4) is 0 Å². The van der Waals surface area contributed by atoms with Crippen LogP contribution >= 0.6 is 11.5 Å². The molecule has 0 unspecified atom stereocenters. The van der Waals surface area contributed by atoms with Crippen LogP contribution in [-0.4, -0.2) is 59.4 Å². The number of amides is 1. The van der Waals surface area contributed by atoms with E-state index >= 15 is 0 Å². The fourth-order valence-corrected chi connectivity index (χ4v) is 4.11. The minimum Gasteiger partial charge on any atom is -0.344 e. The number of hydrogen-bond acceptors (Lipinski definition) is 7. The molecule has 0 N–H and O–H groups in total. The van der Waals surface area contributed by atoms with Crippen LogP contribution in [0.1, 0.15) is 21.7 Å². The summed E-state index contributed by atoms with van der Waals surface area (Å²) in [5, 5.41) is 8.31. The normalized spacial score (nSPS) is 14.1. The largest absolute Gasteiger partial charge is 0.360 e. The average Bonchev–Trinajstić information content (AvgIpc) is 3.29. The average molecular weight is 471 g/mol. The summed E-state index contributed by atoms with van der Waals surface area (Å²) in [5.74, 6) is -0.634. The molecule has 4 rings (SSSR count). The van der Waals surface area contributed by atoms with Crippen LogP contribution in [0.2, 0.25) is 0 Å². The van der Waals surface area contributed by atoms with Crippen molar-refractivity contribution in [1.29, 1.82) is 0 Å². The van der Waals surface area contributed by atoms with E-state index in [0.29, 0.717) is 19.5 Å². The van der Waals surface area contributed by atoms with Gasteiger partial charge in [0.2, 0.25) is 15.2 Å². The topological polar surface area (TPSA) is 88.2 Å². The third-order valence-corrected chi connectivity index (χ3v) is 5.98. The Morgan fingerprint density at radius 3 is 2.61 bits per heavy atom. The molecule has 8 nitrogen and oxygen atoms in total. The highest BCUT2D eigenvalue weighted by atomic mass is 32.1. The van der Waals surface area contributed by atoms with Gasteiger partial charge in [-0.1, -0.05) is 18.2 Å². The molecule has 0 radical (unpaired) electrons. The van der Waals surface area contributed by atoms with E-state index in [9.17, 15) is 13.6 Å². The van der Waals surface area contributed by atoms with Gasteiger partial charge in [0.25, 0.3) is 0 Å². The van der Waals surface area contributed by atoms with E-state index in [-0.39, 0.29) is 11.4 Å². The van der Waals surface area contributed by atoms with E-state index < -0.39 is 11.7 Å². The van der Waals surface area contributed by atoms with Crippen molar-refractivity contribution in [3.05, 3.63) is 77.1 Å². The van der Waals surface area contributed by atoms with E-state index in [2.05, 4.69) is 34.3 Å². The van der Waals surface area contributed by atoms with E-state index in [1.54, 1.807) is 12.1 Å². The van der Waals surface area contributed by atoms with E-state index in [0.717, 1.165) is 48.8 Å². The summed E-state index contributed by atoms with van der Waals surface area (Å²) >= 11 is 1.38. The van der Waals surface area contributed by atoms with Crippen LogP contribution < -0.4 is 9.81 Å². The van der Waals surface area contributed by atoms with Crippen LogP contribution in [0.15, 0.2) is 58.8 Å². The van der Waals surface area contributed by atoms with Crippen LogP contribution in [0.3, 0.4) is 0 Å². The molecular formula is C22H22F2N7OS+. The highest BCUT2D eigenvalue weighted by molar-refractivity contribution is 7.09. The van der Waals surface area contributed by atoms with Gasteiger partial charge in [-0.2, -0.15) is 4.37 Å². The van der Waals surface area contributed by atoms with E-state index in [1.165, 1.54) is 41.9 Å². The molecule has 3 aromatic rings. The van der Waals surface area contributed by atoms with Crippen LogP contribution in [0.25, 0.3) is 0 Å². The summed E-state index contributed by atoms with van der Waals surface area (Å²) < 4.78 is 30.6. The molecule has 1 aliphatic heterocycles. The zero-order chi connectivity index (χ0) is 23.0. The van der Waals surface area contributed by atoms with Crippen LogP contribution in [0, 0.1) is 11.6 Å². The maximum atomic E-state index is 13.1. The molecule has 1 fully saturated rings. The van der Waals surface area contributed by atoms with Gasteiger partial charge in [0.1, 0.15) is 29.1 Å². The molecule has 1 amide bonds. The SMILES string of the molecule is O=C(N=[N+]=NCCN1CCN(c2nc(Cc3ccc(F)cc3)ns2)CC1)c1cccc(F)c1. The first-order valence-corrected chi connectivity index (χ1v) is 11.3. The van der Waals surface area contributed by atoms with Crippen molar-refractivity contribution in [2.24, 2.45) is 10.2 Å². The first-order valence-electron chi connectivity index (χ1n) is 10.5. The quantitative estimate of drug-likeness (QED) is 0.390. The Morgan fingerprint density at radius 2 is 1.85 bits per heavy atom. The second-order valence-electron chi connectivity index (χ2n) is 7.50. The first-order chi connectivity index (χ1) is 16.1. The monoisotopic (exact) mass is 470 g/mol. The molecular weight excluding hydrogens is 448 g/mol. The number of halogens is 2. The van der Waals surface area contributed by atoms with Crippen LogP contribution in [0.4, 0.5) is 13.9 Å². The number of aromatic nitrogens is 2. The molecule has 1 saturated heterocycles. The van der Waals surface area contributed by atoms with Crippen molar-refractivity contribution in [2.75, 3.05) is 44.2 Å². The maximum Gasteiger partial charge on any atom is 0.360 e. The lowest BCUT2D eigenvalue weighted by Crippen LogP contribution is -2.47. The molecule has 0 bridgehead atoms. The van der Waals surface area contributed by atoms with Gasteiger partial charge in [-0.25, -0.2) is 13.8 Å². The zero-order valence-electron chi connectivity index (χ0n) is 17.8. The minimum absolute atomic E-state index is 0.141. The molecule has 33 heavy (non-hydrogen) atoms. The predicted octanol–water partition coefficient (Wildman–Crippen LogP) is 3.34. The summed E-state index contributed by atoms with van der Waals surface area (Å²) in [6.07, 6.45) is 0.578. The number of piperazine rings is 1. The fraction of sp³-hybridized carbons (Fsp3) is 0.318. The summed E-state index contributed by atoms with van der Waals surface area (Å²) in [4.78, 5) is 24.5. The number of rotatable bonds is 7. The second kappa shape index (κ2) is 11.0. The Labute approximate surface area is 193 Å². The molecule has 1 aromatic heterocycles. The van der Waals surface area contributed by atoms with Crippen molar-refractivity contribution < 1.29 is 13.6 Å². The number of anilines is 1. The summed E-state index contributed by atoms with van der Waals surface area (Å²) in [6, 6.07) is 11.7. The van der Waals surface area contributed by atoms with Crippen molar-refractivity contribution >= 4 is 22.6 Å². The van der Waals surface area contributed by atoms with E-state index in [4.69, 9.17) is 0 Å². The van der Waals surface area contributed by atoms with Gasteiger partial charge in [-0.3, -0.25) is 9.69 Å². The summed E-state index contributed by atoms with van der Waals surface area (Å²) in [5.41, 5.74) is 1.12. The molecule has 1 aliphatic rings. The Hall–Kier alpha value is -3.40. The lowest BCUT2D eigenvalue weighted by Gasteiger charge is -2.33. The molecule has 11 heteroatoms. The number of carbonyl (C=O) groups is 1. The third-order valence-electron chi connectivity index (χ3n) is 5.16. The molecule has 170 valence electrons. The predicted molar refractivity (Wildman–Crippen MR) is 120 cm³/mol. The summed E-state index contributed by atoms with van der Waals surface area (Å²) in [7, 11) is 0. The molecule has 2 aromatic carbocycles. The fourth-order valence-electron chi connectivity index (χ4n) is 3.37. The lowest BCUT2D eigenvalue weighted by atomic mass is 10.1. The van der Waals surface area contributed by atoms with Crippen LogP contribution in [-0.2, 0) is 6.42 Å². The number of hydrogen-bond donors (Lipinski definition) is 0. The van der Waals surface area contributed by atoms with Crippen molar-refractivity contribution in [1.82, 2.24) is 19.2 Å². The second-order valence-corrected chi connectivity index (χ2v) is 8.23. The van der Waals surface area contributed by atoms with Gasteiger partial charge in [0.15, 0.2) is 0 Å². The van der Waals surface area contributed by atoms with Gasteiger partial charge in [-0.15, -0.1) is 0 Å². The van der Waals surface area contributed by atoms with Gasteiger partial charge < -0.3 is 4.90 Å². The molecule has 0 atom stereocenters. The standard InChI is InChI=1S/C22H22F2N7OS/c23-18-6-4-16(5-7-18)14-20-26-22(33-28-20)31-12-10-30(11-13-31)9-8-25-29-27-21(32)17-2-1-3-19(24)15-17/h1-7,15H,8-14H2/q+1. The third kappa shape index (κ3) is 6.55. The molecule has 2 heterocycles. The molecule has 0 aliphatic carbocycles. The molecule has 0 saturated carbocycles. The van der Waals surface area contributed by atoms with Gasteiger partial charge in [0, 0.05) is 50.7 Å². The summed E-state index contributed by atoms with van der Waals surface area (Å²) in [6.45, 7) is 4.46.